The molecule has 0 atom stereocenters. The Morgan fingerprint density at radius 2 is 2.05 bits per heavy atom. The number of hydrogen-bond donors (Lipinski definition) is 3. The van der Waals surface area contributed by atoms with Gasteiger partial charge in [0, 0.05) is 6.54 Å². The third-order valence-electron chi connectivity index (χ3n) is 2.56. The first kappa shape index (κ1) is 14.6. The van der Waals surface area contributed by atoms with Crippen LogP contribution in [0.3, 0.4) is 0 Å². The van der Waals surface area contributed by atoms with Gasteiger partial charge in [-0.3, -0.25) is 5.10 Å². The van der Waals surface area contributed by atoms with E-state index < -0.39 is 10.0 Å². The smallest absolute Gasteiger partial charge is 0.244 e. The highest BCUT2D eigenvalue weighted by molar-refractivity contribution is 7.89. The average Bonchev–Trinajstić information content (AvgIpc) is 2.95. The van der Waals surface area contributed by atoms with Gasteiger partial charge in [-0.25, -0.2) is 13.1 Å². The molecule has 10 heteroatoms. The molecular formula is C10H16N6O3S. The zero-order valence-corrected chi connectivity index (χ0v) is 12.2. The molecule has 2 heterocycles. The SMILES string of the molecule is CNCc1n[nH]c(C)c1S(=O)(=O)NCc1nc(C)no1. The molecule has 0 aromatic carbocycles. The minimum Gasteiger partial charge on any atom is -0.338 e. The summed E-state index contributed by atoms with van der Waals surface area (Å²) in [5, 5.41) is 13.1. The second-order valence-electron chi connectivity index (χ2n) is 4.21. The predicted octanol–water partition coefficient (Wildman–Crippen LogP) is -0.393. The number of rotatable bonds is 6. The zero-order valence-electron chi connectivity index (χ0n) is 11.4. The summed E-state index contributed by atoms with van der Waals surface area (Å²) in [7, 11) is -1.98. The summed E-state index contributed by atoms with van der Waals surface area (Å²) in [4.78, 5) is 4.08. The van der Waals surface area contributed by atoms with Crippen molar-refractivity contribution in [3.8, 4) is 0 Å². The van der Waals surface area contributed by atoms with Crippen molar-refractivity contribution in [2.75, 3.05) is 7.05 Å². The molecule has 20 heavy (non-hydrogen) atoms. The second-order valence-corrected chi connectivity index (χ2v) is 5.92. The third-order valence-corrected chi connectivity index (χ3v) is 4.16. The largest absolute Gasteiger partial charge is 0.338 e. The van der Waals surface area contributed by atoms with E-state index in [1.165, 1.54) is 0 Å². The Bertz CT molecular complexity index is 690. The van der Waals surface area contributed by atoms with Crippen LogP contribution in [0.2, 0.25) is 0 Å². The van der Waals surface area contributed by atoms with E-state index in [2.05, 4.69) is 30.4 Å². The number of hydrogen-bond acceptors (Lipinski definition) is 7. The highest BCUT2D eigenvalue weighted by Gasteiger charge is 2.24. The maximum atomic E-state index is 12.3. The molecule has 2 aromatic heterocycles. The van der Waals surface area contributed by atoms with Crippen molar-refractivity contribution < 1.29 is 12.9 Å². The normalized spacial score (nSPS) is 11.9. The van der Waals surface area contributed by atoms with Gasteiger partial charge in [0.15, 0.2) is 5.82 Å². The van der Waals surface area contributed by atoms with Gasteiger partial charge >= 0.3 is 0 Å². The molecule has 110 valence electrons. The minimum atomic E-state index is -3.70. The fraction of sp³-hybridized carbons (Fsp3) is 0.500. The molecule has 0 amide bonds. The van der Waals surface area contributed by atoms with Crippen LogP contribution in [0, 0.1) is 13.8 Å². The Kier molecular flexibility index (Phi) is 4.16. The lowest BCUT2D eigenvalue weighted by molar-refractivity contribution is 0.372. The van der Waals surface area contributed by atoms with Crippen molar-refractivity contribution in [2.45, 2.75) is 31.8 Å². The van der Waals surface area contributed by atoms with Crippen LogP contribution in [0.1, 0.15) is 23.1 Å². The number of nitrogens with zero attached hydrogens (tertiary/aromatic N) is 3. The lowest BCUT2D eigenvalue weighted by Gasteiger charge is -2.06. The van der Waals surface area contributed by atoms with Gasteiger partial charge in [0.05, 0.1) is 17.9 Å². The van der Waals surface area contributed by atoms with Gasteiger partial charge in [0.1, 0.15) is 4.90 Å². The summed E-state index contributed by atoms with van der Waals surface area (Å²) in [5.41, 5.74) is 0.906. The molecule has 0 saturated heterocycles. The monoisotopic (exact) mass is 300 g/mol. The summed E-state index contributed by atoms with van der Waals surface area (Å²) in [5.74, 6) is 0.664. The molecule has 0 aliphatic heterocycles. The molecule has 0 fully saturated rings. The predicted molar refractivity (Wildman–Crippen MR) is 69.1 cm³/mol. The van der Waals surface area contributed by atoms with Crippen molar-refractivity contribution >= 4 is 10.0 Å². The zero-order chi connectivity index (χ0) is 14.8. The van der Waals surface area contributed by atoms with E-state index in [0.717, 1.165) is 0 Å². The quantitative estimate of drug-likeness (QED) is 0.663. The number of sulfonamides is 1. The molecule has 3 N–H and O–H groups in total. The van der Waals surface area contributed by atoms with Gasteiger partial charge in [-0.05, 0) is 20.9 Å². The number of nitrogens with one attached hydrogen (secondary N) is 3. The Balaban J connectivity index is 2.20. The third kappa shape index (κ3) is 3.03. The number of H-pyrrole nitrogens is 1. The van der Waals surface area contributed by atoms with Crippen LogP contribution in [0.4, 0.5) is 0 Å². The van der Waals surface area contributed by atoms with Crippen LogP contribution < -0.4 is 10.0 Å². The Morgan fingerprint density at radius 3 is 2.65 bits per heavy atom. The molecule has 0 radical (unpaired) electrons. The van der Waals surface area contributed by atoms with Crippen LogP contribution in [0.5, 0.6) is 0 Å². The molecule has 0 aliphatic carbocycles. The molecular weight excluding hydrogens is 284 g/mol. The molecule has 0 unspecified atom stereocenters. The maximum Gasteiger partial charge on any atom is 0.244 e. The lowest BCUT2D eigenvalue weighted by Crippen LogP contribution is -2.25. The first-order chi connectivity index (χ1) is 9.44. The standard InChI is InChI=1S/C10H16N6O3S/c1-6-10(8(4-11-3)15-14-6)20(17,18)12-5-9-13-7(2)16-19-9/h11-12H,4-5H2,1-3H3,(H,14,15). The summed E-state index contributed by atoms with van der Waals surface area (Å²) in [6, 6.07) is 0. The van der Waals surface area contributed by atoms with Crippen molar-refractivity contribution in [1.29, 1.82) is 0 Å². The topological polar surface area (TPSA) is 126 Å². The van der Waals surface area contributed by atoms with Gasteiger partial charge in [0.2, 0.25) is 15.9 Å². The van der Waals surface area contributed by atoms with Crippen LogP contribution in [0.15, 0.2) is 9.42 Å². The second kappa shape index (κ2) is 5.69. The van der Waals surface area contributed by atoms with Crippen LogP contribution in [-0.4, -0.2) is 35.8 Å². The minimum absolute atomic E-state index is 0.0627. The van der Waals surface area contributed by atoms with E-state index in [1.54, 1.807) is 20.9 Å². The molecule has 2 rings (SSSR count). The highest BCUT2D eigenvalue weighted by Crippen LogP contribution is 2.17. The Hall–Kier alpha value is -1.78. The van der Waals surface area contributed by atoms with Crippen molar-refractivity contribution in [1.82, 2.24) is 30.4 Å². The number of aromatic amines is 1. The van der Waals surface area contributed by atoms with E-state index >= 15 is 0 Å². The first-order valence-corrected chi connectivity index (χ1v) is 7.39. The van der Waals surface area contributed by atoms with Crippen LogP contribution >= 0.6 is 0 Å². The van der Waals surface area contributed by atoms with Gasteiger partial charge in [0.25, 0.3) is 0 Å². The van der Waals surface area contributed by atoms with Crippen LogP contribution in [-0.2, 0) is 23.1 Å². The Morgan fingerprint density at radius 1 is 1.30 bits per heavy atom. The molecule has 9 nitrogen and oxygen atoms in total. The molecule has 0 saturated carbocycles. The van der Waals surface area contributed by atoms with E-state index in [-0.39, 0.29) is 17.3 Å². The average molecular weight is 300 g/mol. The van der Waals surface area contributed by atoms with E-state index in [0.29, 0.717) is 23.8 Å². The lowest BCUT2D eigenvalue weighted by atomic mass is 10.4. The van der Waals surface area contributed by atoms with Gasteiger partial charge in [-0.1, -0.05) is 5.16 Å². The summed E-state index contributed by atoms with van der Waals surface area (Å²) in [6.07, 6.45) is 0. The first-order valence-electron chi connectivity index (χ1n) is 5.91. The fourth-order valence-electron chi connectivity index (χ4n) is 1.75. The van der Waals surface area contributed by atoms with Gasteiger partial charge in [-0.15, -0.1) is 0 Å². The van der Waals surface area contributed by atoms with E-state index in [9.17, 15) is 8.42 Å². The van der Waals surface area contributed by atoms with Crippen LogP contribution in [0.25, 0.3) is 0 Å². The molecule has 0 bridgehead atoms. The number of aromatic nitrogens is 4. The fourth-order valence-corrected chi connectivity index (χ4v) is 3.09. The molecule has 2 aromatic rings. The van der Waals surface area contributed by atoms with Gasteiger partial charge < -0.3 is 9.84 Å². The van der Waals surface area contributed by atoms with E-state index in [4.69, 9.17) is 4.52 Å². The van der Waals surface area contributed by atoms with Crippen molar-refractivity contribution in [3.05, 3.63) is 23.1 Å². The highest BCUT2D eigenvalue weighted by atomic mass is 32.2. The van der Waals surface area contributed by atoms with Crippen molar-refractivity contribution in [3.63, 3.8) is 0 Å². The summed E-state index contributed by atoms with van der Waals surface area (Å²) >= 11 is 0. The molecule has 0 spiro atoms. The maximum absolute atomic E-state index is 12.3. The molecule has 0 aliphatic rings. The number of aryl methyl sites for hydroxylation is 2. The summed E-state index contributed by atoms with van der Waals surface area (Å²) in [6.45, 7) is 3.59. The van der Waals surface area contributed by atoms with Crippen molar-refractivity contribution in [2.24, 2.45) is 0 Å². The van der Waals surface area contributed by atoms with E-state index in [1.807, 2.05) is 0 Å². The Labute approximate surface area is 116 Å². The van der Waals surface area contributed by atoms with Gasteiger partial charge in [-0.2, -0.15) is 10.1 Å². The summed E-state index contributed by atoms with van der Waals surface area (Å²) < 4.78 is 31.9.